The van der Waals surface area contributed by atoms with Gasteiger partial charge in [0.15, 0.2) is 6.61 Å². The average Bonchev–Trinajstić information content (AvgIpc) is 2.89. The molecule has 3 aromatic rings. The maximum absolute atomic E-state index is 10.5. The van der Waals surface area contributed by atoms with Gasteiger partial charge < -0.3 is 14.8 Å². The van der Waals surface area contributed by atoms with E-state index >= 15 is 0 Å². The molecule has 0 aliphatic rings. The number of nitrogens with one attached hydrogen (secondary N) is 1. The molecule has 5 nitrogen and oxygen atoms in total. The first kappa shape index (κ1) is 12.2. The summed E-state index contributed by atoms with van der Waals surface area (Å²) >= 11 is 0. The number of fused-ring (bicyclic) bond motifs is 1. The lowest BCUT2D eigenvalue weighted by Gasteiger charge is -2.04. The number of hydrogen-bond donors (Lipinski definition) is 2. The highest BCUT2D eigenvalue weighted by Gasteiger charge is 2.06. The molecule has 0 radical (unpaired) electrons. The number of rotatable bonds is 4. The van der Waals surface area contributed by atoms with Crippen molar-refractivity contribution in [1.82, 2.24) is 9.97 Å². The number of carboxylic acid groups (broad SMARTS) is 1. The summed E-state index contributed by atoms with van der Waals surface area (Å²) in [6.07, 6.45) is 0. The van der Waals surface area contributed by atoms with E-state index in [1.54, 1.807) is 18.2 Å². The first-order chi connectivity index (χ1) is 9.72. The van der Waals surface area contributed by atoms with Gasteiger partial charge in [0.05, 0.1) is 11.0 Å². The second kappa shape index (κ2) is 5.05. The van der Waals surface area contributed by atoms with E-state index in [4.69, 9.17) is 9.84 Å². The lowest BCUT2D eigenvalue weighted by atomic mass is 10.2. The first-order valence-electron chi connectivity index (χ1n) is 6.12. The van der Waals surface area contributed by atoms with Crippen LogP contribution in [-0.4, -0.2) is 27.7 Å². The minimum absolute atomic E-state index is 0.358. The van der Waals surface area contributed by atoms with Crippen molar-refractivity contribution >= 4 is 17.0 Å². The van der Waals surface area contributed by atoms with Crippen LogP contribution in [0.25, 0.3) is 22.4 Å². The van der Waals surface area contributed by atoms with Gasteiger partial charge in [0.25, 0.3) is 0 Å². The van der Waals surface area contributed by atoms with Crippen LogP contribution in [0.4, 0.5) is 0 Å². The van der Waals surface area contributed by atoms with Crippen LogP contribution in [0.5, 0.6) is 5.75 Å². The molecule has 0 fully saturated rings. The van der Waals surface area contributed by atoms with Gasteiger partial charge >= 0.3 is 5.97 Å². The van der Waals surface area contributed by atoms with Crippen LogP contribution >= 0.6 is 0 Å². The largest absolute Gasteiger partial charge is 0.482 e. The monoisotopic (exact) mass is 268 g/mol. The fourth-order valence-corrected chi connectivity index (χ4v) is 1.97. The Morgan fingerprint density at radius 1 is 1.20 bits per heavy atom. The number of imidazole rings is 1. The number of H-pyrrole nitrogens is 1. The molecule has 2 aromatic carbocycles. The molecular formula is C15H12N2O3. The zero-order valence-corrected chi connectivity index (χ0v) is 10.5. The molecular weight excluding hydrogens is 256 g/mol. The van der Waals surface area contributed by atoms with Crippen molar-refractivity contribution in [1.29, 1.82) is 0 Å². The topological polar surface area (TPSA) is 75.2 Å². The van der Waals surface area contributed by atoms with E-state index in [0.29, 0.717) is 5.75 Å². The average molecular weight is 268 g/mol. The Morgan fingerprint density at radius 3 is 2.85 bits per heavy atom. The van der Waals surface area contributed by atoms with Gasteiger partial charge in [0, 0.05) is 5.56 Å². The van der Waals surface area contributed by atoms with Gasteiger partial charge in [-0.1, -0.05) is 24.3 Å². The summed E-state index contributed by atoms with van der Waals surface area (Å²) in [6, 6.07) is 14.9. The number of hydrogen-bond acceptors (Lipinski definition) is 3. The number of ether oxygens (including phenoxy) is 1. The number of carbonyl (C=O) groups is 1. The predicted octanol–water partition coefficient (Wildman–Crippen LogP) is 2.69. The van der Waals surface area contributed by atoms with Gasteiger partial charge in [-0.15, -0.1) is 0 Å². The van der Waals surface area contributed by atoms with E-state index in [1.165, 1.54) is 0 Å². The number of para-hydroxylation sites is 2. The highest BCUT2D eigenvalue weighted by atomic mass is 16.5. The van der Waals surface area contributed by atoms with Crippen LogP contribution in [0.2, 0.25) is 0 Å². The van der Waals surface area contributed by atoms with Crippen LogP contribution in [0.15, 0.2) is 48.5 Å². The molecule has 3 rings (SSSR count). The highest BCUT2D eigenvalue weighted by molar-refractivity contribution is 5.79. The molecule has 0 atom stereocenters. The normalized spacial score (nSPS) is 10.6. The summed E-state index contributed by atoms with van der Waals surface area (Å²) in [5, 5.41) is 8.61. The number of aliphatic carboxylic acids is 1. The Bertz CT molecular complexity index is 731. The summed E-state index contributed by atoms with van der Waals surface area (Å²) in [5.41, 5.74) is 2.70. The van der Waals surface area contributed by atoms with Crippen molar-refractivity contribution < 1.29 is 14.6 Å². The zero-order chi connectivity index (χ0) is 13.9. The Hall–Kier alpha value is -2.82. The number of nitrogens with zero attached hydrogens (tertiary/aromatic N) is 1. The summed E-state index contributed by atoms with van der Waals surface area (Å²) in [7, 11) is 0. The van der Waals surface area contributed by atoms with Gasteiger partial charge in [0.1, 0.15) is 11.6 Å². The van der Waals surface area contributed by atoms with E-state index in [-0.39, 0.29) is 6.61 Å². The molecule has 0 aliphatic carbocycles. The van der Waals surface area contributed by atoms with E-state index in [0.717, 1.165) is 22.4 Å². The molecule has 20 heavy (non-hydrogen) atoms. The second-order valence-corrected chi connectivity index (χ2v) is 4.31. The molecule has 2 N–H and O–H groups in total. The Morgan fingerprint density at radius 2 is 2.05 bits per heavy atom. The lowest BCUT2D eigenvalue weighted by molar-refractivity contribution is -0.139. The van der Waals surface area contributed by atoms with Crippen LogP contribution in [0.1, 0.15) is 0 Å². The standard InChI is InChI=1S/C15H12N2O3/c18-14(19)9-20-11-5-3-4-10(8-11)15-16-12-6-1-2-7-13(12)17-15/h1-8H,9H2,(H,16,17)(H,18,19). The minimum Gasteiger partial charge on any atom is -0.482 e. The number of carboxylic acids is 1. The Kier molecular flexibility index (Phi) is 3.09. The second-order valence-electron chi connectivity index (χ2n) is 4.31. The number of aromatic amines is 1. The third-order valence-electron chi connectivity index (χ3n) is 2.86. The molecule has 100 valence electrons. The summed E-state index contributed by atoms with van der Waals surface area (Å²) in [6.45, 7) is -0.358. The van der Waals surface area contributed by atoms with E-state index in [1.807, 2.05) is 30.3 Å². The summed E-state index contributed by atoms with van der Waals surface area (Å²) in [4.78, 5) is 18.2. The van der Waals surface area contributed by atoms with Gasteiger partial charge in [-0.25, -0.2) is 9.78 Å². The van der Waals surface area contributed by atoms with Crippen molar-refractivity contribution in [2.75, 3.05) is 6.61 Å². The maximum Gasteiger partial charge on any atom is 0.341 e. The van der Waals surface area contributed by atoms with E-state index in [9.17, 15) is 4.79 Å². The molecule has 1 heterocycles. The minimum atomic E-state index is -1.00. The van der Waals surface area contributed by atoms with Crippen molar-refractivity contribution in [3.63, 3.8) is 0 Å². The fourth-order valence-electron chi connectivity index (χ4n) is 1.97. The van der Waals surface area contributed by atoms with Crippen LogP contribution in [0.3, 0.4) is 0 Å². The molecule has 0 bridgehead atoms. The molecule has 0 spiro atoms. The number of benzene rings is 2. The summed E-state index contributed by atoms with van der Waals surface area (Å²) in [5.74, 6) is 0.233. The first-order valence-corrected chi connectivity index (χ1v) is 6.12. The lowest BCUT2D eigenvalue weighted by Crippen LogP contribution is -2.09. The van der Waals surface area contributed by atoms with Gasteiger partial charge in [0.2, 0.25) is 0 Å². The van der Waals surface area contributed by atoms with Crippen LogP contribution in [-0.2, 0) is 4.79 Å². The van der Waals surface area contributed by atoms with E-state index in [2.05, 4.69) is 9.97 Å². The SMILES string of the molecule is O=C(O)COc1cccc(-c2nc3ccccc3[nH]2)c1. The fraction of sp³-hybridized carbons (Fsp3) is 0.0667. The molecule has 0 amide bonds. The van der Waals surface area contributed by atoms with Gasteiger partial charge in [-0.3, -0.25) is 0 Å². The van der Waals surface area contributed by atoms with Crippen LogP contribution < -0.4 is 4.74 Å². The quantitative estimate of drug-likeness (QED) is 0.762. The highest BCUT2D eigenvalue weighted by Crippen LogP contribution is 2.23. The van der Waals surface area contributed by atoms with Crippen LogP contribution in [0, 0.1) is 0 Å². The van der Waals surface area contributed by atoms with Crippen molar-refractivity contribution in [2.24, 2.45) is 0 Å². The van der Waals surface area contributed by atoms with E-state index < -0.39 is 5.97 Å². The Labute approximate surface area is 114 Å². The summed E-state index contributed by atoms with van der Waals surface area (Å²) < 4.78 is 5.16. The predicted molar refractivity (Wildman–Crippen MR) is 74.7 cm³/mol. The molecule has 0 unspecified atom stereocenters. The van der Waals surface area contributed by atoms with Crippen molar-refractivity contribution in [3.05, 3.63) is 48.5 Å². The third kappa shape index (κ3) is 2.47. The molecule has 5 heteroatoms. The van der Waals surface area contributed by atoms with Crippen molar-refractivity contribution in [2.45, 2.75) is 0 Å². The zero-order valence-electron chi connectivity index (χ0n) is 10.5. The van der Waals surface area contributed by atoms with Gasteiger partial charge in [-0.2, -0.15) is 0 Å². The molecule has 0 aliphatic heterocycles. The molecule has 0 saturated heterocycles. The van der Waals surface area contributed by atoms with Crippen molar-refractivity contribution in [3.8, 4) is 17.1 Å². The molecule has 0 saturated carbocycles. The smallest absolute Gasteiger partial charge is 0.341 e. The Balaban J connectivity index is 1.93. The molecule has 1 aromatic heterocycles. The van der Waals surface area contributed by atoms with Gasteiger partial charge in [-0.05, 0) is 24.3 Å². The third-order valence-corrected chi connectivity index (χ3v) is 2.86. The number of aromatic nitrogens is 2. The maximum atomic E-state index is 10.5.